The predicted octanol–water partition coefficient (Wildman–Crippen LogP) is 2.50. The van der Waals surface area contributed by atoms with Crippen molar-refractivity contribution in [1.29, 1.82) is 0 Å². The molecule has 0 aromatic heterocycles. The highest BCUT2D eigenvalue weighted by Crippen LogP contribution is 2.21. The molecule has 1 aromatic carbocycles. The van der Waals surface area contributed by atoms with Crippen LogP contribution in [0.3, 0.4) is 0 Å². The predicted molar refractivity (Wildman–Crippen MR) is 76.8 cm³/mol. The maximum absolute atomic E-state index is 12.4. The van der Waals surface area contributed by atoms with Gasteiger partial charge in [-0.3, -0.25) is 4.79 Å². The molecule has 5 heteroatoms. The Hall–Kier alpha value is -0.770. The van der Waals surface area contributed by atoms with Crippen molar-refractivity contribution in [3.05, 3.63) is 34.3 Å². The average molecular weight is 289 g/mol. The highest BCUT2D eigenvalue weighted by molar-refractivity contribution is 6.31. The van der Waals surface area contributed by atoms with Gasteiger partial charge in [-0.05, 0) is 31.5 Å². The van der Waals surface area contributed by atoms with E-state index in [2.05, 4.69) is 12.2 Å². The molecule has 0 radical (unpaired) electrons. The molecule has 100 valence electrons. The summed E-state index contributed by atoms with van der Waals surface area (Å²) in [5.41, 5.74) is 1.58. The normalized spacial score (nSPS) is 19.3. The smallest absolute Gasteiger partial charge is 0.254 e. The molecule has 1 N–H and O–H groups in total. The summed E-state index contributed by atoms with van der Waals surface area (Å²) in [5.74, 6) is 0.0824. The topological polar surface area (TPSA) is 32.3 Å². The molecular weight excluding hydrogens is 271 g/mol. The van der Waals surface area contributed by atoms with Crippen molar-refractivity contribution in [2.24, 2.45) is 0 Å². The minimum absolute atomic E-state index is 0. The van der Waals surface area contributed by atoms with Gasteiger partial charge in [-0.1, -0.05) is 17.7 Å². The van der Waals surface area contributed by atoms with Crippen LogP contribution >= 0.6 is 24.0 Å². The zero-order valence-electron chi connectivity index (χ0n) is 10.6. The summed E-state index contributed by atoms with van der Waals surface area (Å²) >= 11 is 6.05. The number of benzene rings is 1. The van der Waals surface area contributed by atoms with Gasteiger partial charge in [0, 0.05) is 36.3 Å². The van der Waals surface area contributed by atoms with Crippen molar-refractivity contribution in [3.63, 3.8) is 0 Å². The third kappa shape index (κ3) is 2.97. The second-order valence-electron chi connectivity index (χ2n) is 4.46. The van der Waals surface area contributed by atoms with Crippen molar-refractivity contribution >= 4 is 29.9 Å². The van der Waals surface area contributed by atoms with Crippen LogP contribution in [0, 0.1) is 6.92 Å². The minimum atomic E-state index is 0. The number of hydrogen-bond donors (Lipinski definition) is 1. The third-order valence-electron chi connectivity index (χ3n) is 3.26. The average Bonchev–Trinajstić information content (AvgIpc) is 2.32. The van der Waals surface area contributed by atoms with E-state index in [1.807, 2.05) is 30.0 Å². The van der Waals surface area contributed by atoms with Crippen molar-refractivity contribution in [2.45, 2.75) is 19.9 Å². The summed E-state index contributed by atoms with van der Waals surface area (Å²) in [6, 6.07) is 5.72. The van der Waals surface area contributed by atoms with E-state index in [-0.39, 0.29) is 24.4 Å². The van der Waals surface area contributed by atoms with Gasteiger partial charge < -0.3 is 10.2 Å². The summed E-state index contributed by atoms with van der Waals surface area (Å²) in [7, 11) is 0. The van der Waals surface area contributed by atoms with Gasteiger partial charge in [0.1, 0.15) is 0 Å². The molecular formula is C13H18Cl2N2O. The van der Waals surface area contributed by atoms with Crippen LogP contribution in [0.1, 0.15) is 22.8 Å². The van der Waals surface area contributed by atoms with Gasteiger partial charge in [0.2, 0.25) is 0 Å². The van der Waals surface area contributed by atoms with E-state index >= 15 is 0 Å². The Labute approximate surface area is 119 Å². The molecule has 1 amide bonds. The van der Waals surface area contributed by atoms with Gasteiger partial charge in [0.05, 0.1) is 0 Å². The number of carbonyl (C=O) groups excluding carboxylic acids is 1. The summed E-state index contributed by atoms with van der Waals surface area (Å²) in [5, 5.41) is 3.93. The van der Waals surface area contributed by atoms with Crippen LogP contribution in [0.4, 0.5) is 0 Å². The monoisotopic (exact) mass is 288 g/mol. The Morgan fingerprint density at radius 2 is 2.22 bits per heavy atom. The van der Waals surface area contributed by atoms with E-state index in [4.69, 9.17) is 11.6 Å². The third-order valence-corrected chi connectivity index (χ3v) is 3.67. The molecule has 0 aliphatic carbocycles. The van der Waals surface area contributed by atoms with Gasteiger partial charge in [-0.15, -0.1) is 12.4 Å². The summed E-state index contributed by atoms with van der Waals surface area (Å²) in [4.78, 5) is 14.3. The molecule has 1 atom stereocenters. The largest absolute Gasteiger partial charge is 0.333 e. The molecule has 18 heavy (non-hydrogen) atoms. The molecule has 0 spiro atoms. The van der Waals surface area contributed by atoms with E-state index in [9.17, 15) is 4.79 Å². The van der Waals surface area contributed by atoms with Crippen LogP contribution in [0.2, 0.25) is 5.02 Å². The number of carbonyl (C=O) groups is 1. The van der Waals surface area contributed by atoms with Crippen LogP contribution in [0.5, 0.6) is 0 Å². The highest BCUT2D eigenvalue weighted by Gasteiger charge is 2.25. The van der Waals surface area contributed by atoms with Crippen molar-refractivity contribution in [2.75, 3.05) is 19.6 Å². The number of nitrogens with one attached hydrogen (secondary N) is 1. The molecule has 0 unspecified atom stereocenters. The first kappa shape index (κ1) is 15.3. The molecule has 0 bridgehead atoms. The summed E-state index contributed by atoms with van der Waals surface area (Å²) in [6.07, 6.45) is 0. The van der Waals surface area contributed by atoms with E-state index in [1.165, 1.54) is 0 Å². The van der Waals surface area contributed by atoms with Crippen molar-refractivity contribution in [3.8, 4) is 0 Å². The number of hydrogen-bond acceptors (Lipinski definition) is 2. The van der Waals surface area contributed by atoms with Crippen LogP contribution < -0.4 is 5.32 Å². The van der Waals surface area contributed by atoms with Crippen molar-refractivity contribution < 1.29 is 4.79 Å². The zero-order valence-corrected chi connectivity index (χ0v) is 12.1. The zero-order chi connectivity index (χ0) is 12.4. The van der Waals surface area contributed by atoms with E-state index in [0.717, 1.165) is 25.2 Å². The molecule has 0 saturated carbocycles. The Kier molecular flexibility index (Phi) is 5.45. The molecule has 1 heterocycles. The van der Waals surface area contributed by atoms with Gasteiger partial charge in [0.15, 0.2) is 0 Å². The molecule has 2 rings (SSSR count). The summed E-state index contributed by atoms with van der Waals surface area (Å²) in [6.45, 7) is 6.42. The minimum Gasteiger partial charge on any atom is -0.333 e. The first-order chi connectivity index (χ1) is 8.11. The molecule has 3 nitrogen and oxygen atoms in total. The standard InChI is InChI=1S/C13H17ClN2O.ClH/c1-9-8-15-6-7-16(9)13(17)11-4-3-5-12(14)10(11)2;/h3-5,9,15H,6-8H2,1-2H3;1H/t9-;/m0./s1. The van der Waals surface area contributed by atoms with Crippen molar-refractivity contribution in [1.82, 2.24) is 10.2 Å². The van der Waals surface area contributed by atoms with E-state index in [0.29, 0.717) is 10.6 Å². The number of rotatable bonds is 1. The first-order valence-electron chi connectivity index (χ1n) is 5.88. The second-order valence-corrected chi connectivity index (χ2v) is 4.87. The Bertz CT molecular complexity index is 437. The Balaban J connectivity index is 0.00000162. The fourth-order valence-corrected chi connectivity index (χ4v) is 2.31. The molecule has 1 fully saturated rings. The quantitative estimate of drug-likeness (QED) is 0.861. The van der Waals surface area contributed by atoms with E-state index in [1.54, 1.807) is 0 Å². The number of nitrogens with zero attached hydrogens (tertiary/aromatic N) is 1. The number of piperazine rings is 1. The maximum Gasteiger partial charge on any atom is 0.254 e. The first-order valence-corrected chi connectivity index (χ1v) is 6.26. The highest BCUT2D eigenvalue weighted by atomic mass is 35.5. The molecule has 1 aliphatic heterocycles. The SMILES string of the molecule is Cc1c(Cl)cccc1C(=O)N1CCNC[C@@H]1C.Cl. The second kappa shape index (κ2) is 6.41. The maximum atomic E-state index is 12.4. The van der Waals surface area contributed by atoms with Gasteiger partial charge >= 0.3 is 0 Å². The lowest BCUT2D eigenvalue weighted by molar-refractivity contribution is 0.0655. The van der Waals surface area contributed by atoms with Crippen LogP contribution in [-0.4, -0.2) is 36.5 Å². The fraction of sp³-hybridized carbons (Fsp3) is 0.462. The lowest BCUT2D eigenvalue weighted by atomic mass is 10.1. The number of amides is 1. The van der Waals surface area contributed by atoms with Gasteiger partial charge in [-0.25, -0.2) is 0 Å². The molecule has 1 aliphatic rings. The Morgan fingerprint density at radius 1 is 1.50 bits per heavy atom. The van der Waals surface area contributed by atoms with Crippen LogP contribution in [0.15, 0.2) is 18.2 Å². The van der Waals surface area contributed by atoms with Crippen LogP contribution in [-0.2, 0) is 0 Å². The van der Waals surface area contributed by atoms with Gasteiger partial charge in [0.25, 0.3) is 5.91 Å². The molecule has 1 aromatic rings. The van der Waals surface area contributed by atoms with Crippen LogP contribution in [0.25, 0.3) is 0 Å². The molecule has 1 saturated heterocycles. The van der Waals surface area contributed by atoms with E-state index < -0.39 is 0 Å². The fourth-order valence-electron chi connectivity index (χ4n) is 2.14. The Morgan fingerprint density at radius 3 is 2.89 bits per heavy atom. The summed E-state index contributed by atoms with van der Waals surface area (Å²) < 4.78 is 0. The van der Waals surface area contributed by atoms with Gasteiger partial charge in [-0.2, -0.15) is 0 Å². The number of halogens is 2. The lowest BCUT2D eigenvalue weighted by Crippen LogP contribution is -2.52. The lowest BCUT2D eigenvalue weighted by Gasteiger charge is -2.34.